The second-order valence-corrected chi connectivity index (χ2v) is 19.2. The molecule has 2 aromatic heterocycles. The molecule has 0 spiro atoms. The van der Waals surface area contributed by atoms with Gasteiger partial charge in [-0.05, 0) is 34.1 Å². The number of fused-ring (bicyclic) bond motifs is 1. The summed E-state index contributed by atoms with van der Waals surface area (Å²) in [6.45, 7) is 14.4. The van der Waals surface area contributed by atoms with Crippen LogP contribution < -0.4 is 0 Å². The highest BCUT2D eigenvalue weighted by Gasteiger charge is 2.61. The minimum Gasteiger partial charge on any atom is -0.365 e. The van der Waals surface area contributed by atoms with Gasteiger partial charge >= 0.3 is 5.66 Å². The standard InChI is InChI=1S/C21H25BrF2N6O3S2Si/c1-25-21(6-7-21)30(12-33-8-9-36(3,4)5)35(31,32)13-10-14-16(19-26-27-20(34-19)18(23)24)28-29(2)17(14)15(22)11-13/h10-11,18H,6-9,12H2,2-5H3. The van der Waals surface area contributed by atoms with E-state index in [1.165, 1.54) is 16.8 Å². The molecular formula is C21H25BrF2N6O3S2Si. The maximum atomic E-state index is 13.9. The van der Waals surface area contributed by atoms with Crippen molar-refractivity contribution in [2.75, 3.05) is 13.3 Å². The summed E-state index contributed by atoms with van der Waals surface area (Å²) in [5.74, 6) is 0. The van der Waals surface area contributed by atoms with Gasteiger partial charge in [-0.15, -0.1) is 10.2 Å². The molecule has 0 aliphatic heterocycles. The third-order valence-corrected chi connectivity index (χ3v) is 11.0. The fraction of sp³-hybridized carbons (Fsp3) is 0.524. The monoisotopic (exact) mass is 618 g/mol. The topological polar surface area (TPSA) is 94.6 Å². The van der Waals surface area contributed by atoms with Gasteiger partial charge in [0.1, 0.15) is 12.4 Å². The predicted octanol–water partition coefficient (Wildman–Crippen LogP) is 5.50. The Labute approximate surface area is 221 Å². The number of halogens is 3. The van der Waals surface area contributed by atoms with Gasteiger partial charge in [0.15, 0.2) is 10.0 Å². The lowest BCUT2D eigenvalue weighted by Gasteiger charge is -2.24. The van der Waals surface area contributed by atoms with E-state index < -0.39 is 35.2 Å². The molecule has 1 fully saturated rings. The summed E-state index contributed by atoms with van der Waals surface area (Å²) in [6.07, 6.45) is -1.92. The van der Waals surface area contributed by atoms with Gasteiger partial charge in [0.05, 0.1) is 23.3 Å². The van der Waals surface area contributed by atoms with E-state index in [1.807, 2.05) is 0 Å². The smallest absolute Gasteiger partial charge is 0.303 e. The van der Waals surface area contributed by atoms with Crippen LogP contribution in [0.3, 0.4) is 0 Å². The molecule has 0 atom stereocenters. The molecule has 0 bridgehead atoms. The number of aryl methyl sites for hydroxylation is 1. The van der Waals surface area contributed by atoms with Gasteiger partial charge in [-0.25, -0.2) is 23.8 Å². The Hall–Kier alpha value is -1.83. The van der Waals surface area contributed by atoms with E-state index in [2.05, 4.69) is 55.7 Å². The third kappa shape index (κ3) is 5.25. The Balaban J connectivity index is 1.75. The fourth-order valence-electron chi connectivity index (χ4n) is 3.66. The van der Waals surface area contributed by atoms with Gasteiger partial charge in [0.2, 0.25) is 0 Å². The second-order valence-electron chi connectivity index (χ2n) is 9.82. The van der Waals surface area contributed by atoms with E-state index in [0.717, 1.165) is 10.3 Å². The average molecular weight is 620 g/mol. The minimum atomic E-state index is -4.15. The van der Waals surface area contributed by atoms with Gasteiger partial charge in [0.25, 0.3) is 16.4 Å². The van der Waals surface area contributed by atoms with Crippen LogP contribution in [-0.4, -0.2) is 59.8 Å². The van der Waals surface area contributed by atoms with E-state index in [-0.39, 0.29) is 22.3 Å². The Morgan fingerprint density at radius 1 is 1.33 bits per heavy atom. The number of ether oxygens (including phenoxy) is 1. The van der Waals surface area contributed by atoms with Crippen LogP contribution in [0.1, 0.15) is 24.3 Å². The number of sulfonamides is 1. The largest absolute Gasteiger partial charge is 0.365 e. The van der Waals surface area contributed by atoms with Crippen LogP contribution in [0.25, 0.3) is 26.4 Å². The van der Waals surface area contributed by atoms with Crippen molar-refractivity contribution in [2.45, 2.75) is 55.5 Å². The molecule has 15 heteroatoms. The maximum Gasteiger partial charge on any atom is 0.303 e. The molecule has 1 aliphatic carbocycles. The molecular weight excluding hydrogens is 594 g/mol. The normalized spacial score (nSPS) is 15.7. The van der Waals surface area contributed by atoms with Gasteiger partial charge in [0, 0.05) is 31.6 Å². The van der Waals surface area contributed by atoms with Crippen LogP contribution in [0.15, 0.2) is 21.5 Å². The third-order valence-electron chi connectivity index (χ3n) is 5.86. The molecule has 2 heterocycles. The van der Waals surface area contributed by atoms with Crippen molar-refractivity contribution in [3.63, 3.8) is 0 Å². The number of hydrogen-bond acceptors (Lipinski definition) is 7. The molecule has 36 heavy (non-hydrogen) atoms. The van der Waals surface area contributed by atoms with Crippen molar-refractivity contribution in [1.29, 1.82) is 0 Å². The molecule has 0 saturated heterocycles. The van der Waals surface area contributed by atoms with Crippen LogP contribution in [0.2, 0.25) is 25.7 Å². The predicted molar refractivity (Wildman–Crippen MR) is 139 cm³/mol. The molecule has 0 unspecified atom stereocenters. The number of rotatable bonds is 10. The zero-order valence-corrected chi connectivity index (χ0v) is 24.3. The first-order chi connectivity index (χ1) is 16.8. The Morgan fingerprint density at radius 3 is 2.58 bits per heavy atom. The molecule has 9 nitrogen and oxygen atoms in total. The highest BCUT2D eigenvalue weighted by molar-refractivity contribution is 9.10. The van der Waals surface area contributed by atoms with Crippen molar-refractivity contribution < 1.29 is 21.9 Å². The first-order valence-corrected chi connectivity index (χ1v) is 17.8. The van der Waals surface area contributed by atoms with E-state index in [4.69, 9.17) is 11.3 Å². The summed E-state index contributed by atoms with van der Waals surface area (Å²) in [6, 6.07) is 3.77. The zero-order valence-electron chi connectivity index (χ0n) is 20.1. The number of hydrogen-bond donors (Lipinski definition) is 0. The Bertz CT molecular complexity index is 1440. The number of alkyl halides is 2. The lowest BCUT2D eigenvalue weighted by molar-refractivity contribution is 0.0642. The minimum absolute atomic E-state index is 0.0570. The zero-order chi connectivity index (χ0) is 26.5. The van der Waals surface area contributed by atoms with E-state index in [0.29, 0.717) is 46.2 Å². The van der Waals surface area contributed by atoms with Gasteiger partial charge < -0.3 is 4.74 Å². The van der Waals surface area contributed by atoms with Crippen molar-refractivity contribution in [3.05, 3.63) is 33.0 Å². The lowest BCUT2D eigenvalue weighted by atomic mass is 10.2. The molecule has 3 aromatic rings. The Morgan fingerprint density at radius 2 is 2.03 bits per heavy atom. The molecule has 194 valence electrons. The first-order valence-electron chi connectivity index (χ1n) is 11.1. The van der Waals surface area contributed by atoms with Crippen LogP contribution in [0, 0.1) is 6.57 Å². The summed E-state index contributed by atoms with van der Waals surface area (Å²) in [4.78, 5) is 3.58. The van der Waals surface area contributed by atoms with Crippen LogP contribution >= 0.6 is 27.3 Å². The highest BCUT2D eigenvalue weighted by atomic mass is 79.9. The SMILES string of the molecule is [C-]#[N+]C1(N(COCC[Si](C)(C)C)S(=O)(=O)c2cc(Br)c3c(c2)c(-c2nnc(C(F)F)s2)nn3C)CC1. The van der Waals surface area contributed by atoms with Gasteiger partial charge in [-0.3, -0.25) is 9.53 Å². The van der Waals surface area contributed by atoms with Crippen molar-refractivity contribution in [1.82, 2.24) is 24.3 Å². The number of aromatic nitrogens is 4. The highest BCUT2D eigenvalue weighted by Crippen LogP contribution is 2.46. The summed E-state index contributed by atoms with van der Waals surface area (Å²) in [5.41, 5.74) is -0.344. The summed E-state index contributed by atoms with van der Waals surface area (Å²) in [5, 5.41) is 11.9. The second kappa shape index (κ2) is 9.80. The van der Waals surface area contributed by atoms with Gasteiger partial charge in [-0.1, -0.05) is 35.3 Å². The number of benzene rings is 1. The van der Waals surface area contributed by atoms with Gasteiger partial charge in [-0.2, -0.15) is 5.10 Å². The quantitative estimate of drug-likeness (QED) is 0.129. The van der Waals surface area contributed by atoms with Crippen LogP contribution in [-0.2, 0) is 21.8 Å². The molecule has 0 N–H and O–H groups in total. The summed E-state index contributed by atoms with van der Waals surface area (Å²) < 4.78 is 62.8. The summed E-state index contributed by atoms with van der Waals surface area (Å²) >= 11 is 4.14. The van der Waals surface area contributed by atoms with E-state index in [1.54, 1.807) is 7.05 Å². The number of nitrogens with zero attached hydrogens (tertiary/aromatic N) is 6. The lowest BCUT2D eigenvalue weighted by Crippen LogP contribution is -2.42. The molecule has 0 radical (unpaired) electrons. The first kappa shape index (κ1) is 27.2. The van der Waals surface area contributed by atoms with E-state index >= 15 is 0 Å². The average Bonchev–Trinajstić information content (AvgIpc) is 3.26. The van der Waals surface area contributed by atoms with Crippen molar-refractivity contribution in [3.8, 4) is 10.7 Å². The fourth-order valence-corrected chi connectivity index (χ4v) is 7.65. The van der Waals surface area contributed by atoms with E-state index in [9.17, 15) is 17.2 Å². The van der Waals surface area contributed by atoms with Crippen LogP contribution in [0.5, 0.6) is 0 Å². The van der Waals surface area contributed by atoms with Crippen molar-refractivity contribution in [2.24, 2.45) is 7.05 Å². The molecule has 1 aromatic carbocycles. The van der Waals surface area contributed by atoms with Crippen molar-refractivity contribution >= 4 is 56.3 Å². The molecule has 0 amide bonds. The molecule has 1 saturated carbocycles. The molecule has 1 aliphatic rings. The summed E-state index contributed by atoms with van der Waals surface area (Å²) in [7, 11) is -3.87. The Kier molecular flexibility index (Phi) is 7.41. The van der Waals surface area contributed by atoms with Crippen LogP contribution in [0.4, 0.5) is 8.78 Å². The maximum absolute atomic E-state index is 13.9. The molecule has 4 rings (SSSR count).